The van der Waals surface area contributed by atoms with E-state index in [1.54, 1.807) is 0 Å². The number of anilines is 2. The third-order valence-corrected chi connectivity index (χ3v) is 10.5. The van der Waals surface area contributed by atoms with Crippen molar-refractivity contribution >= 4 is 23.2 Å². The summed E-state index contributed by atoms with van der Waals surface area (Å²) in [6.07, 6.45) is 0. The molecule has 6 aromatic rings. The van der Waals surface area contributed by atoms with Gasteiger partial charge in [0.15, 0.2) is 13.2 Å². The fraction of sp³-hybridized carbons (Fsp3) is 0.224. The zero-order valence-corrected chi connectivity index (χ0v) is 32.4. The molecule has 2 amide bonds. The molecule has 55 heavy (non-hydrogen) atoms. The highest BCUT2D eigenvalue weighted by Crippen LogP contribution is 2.56. The summed E-state index contributed by atoms with van der Waals surface area (Å²) in [4.78, 5) is 26.2. The van der Waals surface area contributed by atoms with Gasteiger partial charge in [-0.1, -0.05) is 125 Å². The van der Waals surface area contributed by atoms with Gasteiger partial charge >= 0.3 is 0 Å². The number of nitrogens with one attached hydrogen (secondary N) is 2. The highest BCUT2D eigenvalue weighted by molar-refractivity contribution is 5.93. The molecular formula is C49H48N2O4. The average molecular weight is 729 g/mol. The maximum absolute atomic E-state index is 13.1. The number of benzene rings is 6. The van der Waals surface area contributed by atoms with Crippen molar-refractivity contribution in [2.24, 2.45) is 0 Å². The van der Waals surface area contributed by atoms with Crippen molar-refractivity contribution in [1.29, 1.82) is 0 Å². The van der Waals surface area contributed by atoms with Crippen molar-refractivity contribution in [3.8, 4) is 22.6 Å². The molecule has 0 fully saturated rings. The highest BCUT2D eigenvalue weighted by Gasteiger charge is 2.45. The molecule has 0 saturated heterocycles. The van der Waals surface area contributed by atoms with E-state index in [2.05, 4.69) is 135 Å². The largest absolute Gasteiger partial charge is 0.483 e. The number of aryl methyl sites for hydroxylation is 2. The first kappa shape index (κ1) is 37.2. The summed E-state index contributed by atoms with van der Waals surface area (Å²) in [5.74, 6) is 1.59. The normalized spacial score (nSPS) is 12.6. The summed E-state index contributed by atoms with van der Waals surface area (Å²) in [6.45, 7) is 12.3. The Kier molecular flexibility index (Phi) is 10.6. The maximum Gasteiger partial charge on any atom is 0.262 e. The van der Waals surface area contributed by atoms with E-state index >= 15 is 0 Å². The molecule has 6 aromatic carbocycles. The molecule has 7 rings (SSSR count). The van der Waals surface area contributed by atoms with Crippen molar-refractivity contribution in [2.75, 3.05) is 23.8 Å². The van der Waals surface area contributed by atoms with Crippen LogP contribution in [0.2, 0.25) is 0 Å². The zero-order chi connectivity index (χ0) is 38.7. The summed E-state index contributed by atoms with van der Waals surface area (Å²) in [5, 5.41) is 6.05. The van der Waals surface area contributed by atoms with E-state index in [9.17, 15) is 9.59 Å². The molecule has 6 heteroatoms. The fourth-order valence-corrected chi connectivity index (χ4v) is 7.80. The minimum absolute atomic E-state index is 0.0878. The SMILES string of the molecule is Cc1ccc(C(C)C)c(OCC(=O)Nc2ccc(C3(c4ccc(NC(=O)COc5cc(C)ccc5C(C)C)cc4)c4ccccc4-c4ccccc43)cc2)c1. The molecule has 0 radical (unpaired) electrons. The Morgan fingerprint density at radius 3 is 1.29 bits per heavy atom. The molecule has 0 aliphatic heterocycles. The van der Waals surface area contributed by atoms with Crippen LogP contribution in [0, 0.1) is 13.8 Å². The lowest BCUT2D eigenvalue weighted by Crippen LogP contribution is -2.29. The van der Waals surface area contributed by atoms with Crippen molar-refractivity contribution in [3.63, 3.8) is 0 Å². The van der Waals surface area contributed by atoms with Crippen LogP contribution in [-0.4, -0.2) is 25.0 Å². The Hall–Kier alpha value is -6.14. The summed E-state index contributed by atoms with van der Waals surface area (Å²) in [5.41, 5.74) is 11.9. The monoisotopic (exact) mass is 728 g/mol. The van der Waals surface area contributed by atoms with Gasteiger partial charge in [0.1, 0.15) is 11.5 Å². The maximum atomic E-state index is 13.1. The summed E-state index contributed by atoms with van der Waals surface area (Å²) >= 11 is 0. The van der Waals surface area contributed by atoms with Gasteiger partial charge < -0.3 is 20.1 Å². The lowest BCUT2D eigenvalue weighted by atomic mass is 9.67. The molecule has 2 N–H and O–H groups in total. The number of amides is 2. The van der Waals surface area contributed by atoms with Crippen LogP contribution >= 0.6 is 0 Å². The Balaban J connectivity index is 1.14. The van der Waals surface area contributed by atoms with Crippen LogP contribution < -0.4 is 20.1 Å². The first-order valence-electron chi connectivity index (χ1n) is 19.0. The zero-order valence-electron chi connectivity index (χ0n) is 32.4. The molecule has 0 bridgehead atoms. The number of hydrogen-bond acceptors (Lipinski definition) is 4. The lowest BCUT2D eigenvalue weighted by molar-refractivity contribution is -0.118. The molecule has 0 atom stereocenters. The fourth-order valence-electron chi connectivity index (χ4n) is 7.80. The number of hydrogen-bond donors (Lipinski definition) is 2. The van der Waals surface area contributed by atoms with Gasteiger partial charge in [-0.3, -0.25) is 9.59 Å². The van der Waals surface area contributed by atoms with Crippen molar-refractivity contribution in [3.05, 3.63) is 178 Å². The van der Waals surface area contributed by atoms with Gasteiger partial charge in [0.05, 0.1) is 5.41 Å². The third kappa shape index (κ3) is 7.50. The van der Waals surface area contributed by atoms with E-state index in [4.69, 9.17) is 9.47 Å². The van der Waals surface area contributed by atoms with Crippen LogP contribution in [0.3, 0.4) is 0 Å². The van der Waals surface area contributed by atoms with Gasteiger partial charge in [0.2, 0.25) is 0 Å². The predicted molar refractivity (Wildman–Crippen MR) is 223 cm³/mol. The molecular weight excluding hydrogens is 681 g/mol. The van der Waals surface area contributed by atoms with Gasteiger partial charge in [0, 0.05) is 11.4 Å². The smallest absolute Gasteiger partial charge is 0.262 e. The molecule has 0 unspecified atom stereocenters. The second kappa shape index (κ2) is 15.7. The van der Waals surface area contributed by atoms with Crippen LogP contribution in [0.4, 0.5) is 11.4 Å². The van der Waals surface area contributed by atoms with Crippen LogP contribution in [0.1, 0.15) is 84.0 Å². The van der Waals surface area contributed by atoms with Crippen molar-refractivity contribution in [1.82, 2.24) is 0 Å². The molecule has 6 nitrogen and oxygen atoms in total. The Bertz CT molecular complexity index is 2170. The molecule has 1 aliphatic carbocycles. The van der Waals surface area contributed by atoms with E-state index in [1.807, 2.05) is 50.2 Å². The number of carbonyl (C=O) groups is 2. The van der Waals surface area contributed by atoms with Crippen LogP contribution in [0.15, 0.2) is 133 Å². The van der Waals surface area contributed by atoms with Crippen LogP contribution in [-0.2, 0) is 15.0 Å². The van der Waals surface area contributed by atoms with E-state index < -0.39 is 5.41 Å². The highest BCUT2D eigenvalue weighted by atomic mass is 16.5. The van der Waals surface area contributed by atoms with Crippen molar-refractivity contribution in [2.45, 2.75) is 58.8 Å². The second-order valence-corrected chi connectivity index (χ2v) is 15.1. The van der Waals surface area contributed by atoms with E-state index in [-0.39, 0.29) is 36.9 Å². The Labute approximate surface area is 324 Å². The van der Waals surface area contributed by atoms with Crippen molar-refractivity contribution < 1.29 is 19.1 Å². The van der Waals surface area contributed by atoms with Gasteiger partial charge in [0.25, 0.3) is 11.8 Å². The predicted octanol–water partition coefficient (Wildman–Crippen LogP) is 10.9. The molecule has 1 aliphatic rings. The number of ether oxygens (including phenoxy) is 2. The Morgan fingerprint density at radius 2 is 0.909 bits per heavy atom. The number of carbonyl (C=O) groups excluding carboxylic acids is 2. The molecule has 0 spiro atoms. The van der Waals surface area contributed by atoms with E-state index in [1.165, 1.54) is 22.3 Å². The van der Waals surface area contributed by atoms with E-state index in [0.29, 0.717) is 11.4 Å². The van der Waals surface area contributed by atoms with Gasteiger partial charge in [-0.15, -0.1) is 0 Å². The average Bonchev–Trinajstić information content (AvgIpc) is 3.48. The molecule has 0 saturated carbocycles. The molecule has 278 valence electrons. The van der Waals surface area contributed by atoms with Gasteiger partial charge in [-0.2, -0.15) is 0 Å². The molecule has 0 heterocycles. The minimum Gasteiger partial charge on any atom is -0.483 e. The second-order valence-electron chi connectivity index (χ2n) is 15.1. The third-order valence-electron chi connectivity index (χ3n) is 10.5. The quantitative estimate of drug-likeness (QED) is 0.131. The first-order chi connectivity index (χ1) is 26.5. The topological polar surface area (TPSA) is 76.7 Å². The standard InChI is InChI=1S/C49H48N2O4/c1-31(2)39-25-15-33(5)27-45(39)54-29-47(52)50-37-21-17-35(18-22-37)49(43-13-9-7-11-41(43)42-12-8-10-14-44(42)49)36-19-23-38(24-20-36)51-48(53)30-55-46-28-34(6)16-26-40(46)32(3)4/h7-28,31-32H,29-30H2,1-6H3,(H,50,52)(H,51,53). The number of fused-ring (bicyclic) bond motifs is 3. The van der Waals surface area contributed by atoms with Crippen LogP contribution in [0.25, 0.3) is 11.1 Å². The summed E-state index contributed by atoms with van der Waals surface area (Å²) in [6, 6.07) is 45.5. The van der Waals surface area contributed by atoms with Gasteiger partial charge in [-0.25, -0.2) is 0 Å². The Morgan fingerprint density at radius 1 is 0.527 bits per heavy atom. The van der Waals surface area contributed by atoms with Crippen LogP contribution in [0.5, 0.6) is 11.5 Å². The van der Waals surface area contributed by atoms with E-state index in [0.717, 1.165) is 44.9 Å². The van der Waals surface area contributed by atoms with Gasteiger partial charge in [-0.05, 0) is 118 Å². The lowest BCUT2D eigenvalue weighted by Gasteiger charge is -2.34. The molecule has 0 aromatic heterocycles. The minimum atomic E-state index is -0.638. The summed E-state index contributed by atoms with van der Waals surface area (Å²) in [7, 11) is 0. The summed E-state index contributed by atoms with van der Waals surface area (Å²) < 4.78 is 12.0. The number of rotatable bonds is 12. The first-order valence-corrected chi connectivity index (χ1v) is 19.0.